The number of carboxylic acid groups (broad SMARTS) is 1. The molecule has 4 nitrogen and oxygen atoms in total. The van der Waals surface area contributed by atoms with Gasteiger partial charge in [0, 0.05) is 17.5 Å². The van der Waals surface area contributed by atoms with Crippen molar-refractivity contribution < 1.29 is 9.90 Å². The second-order valence-corrected chi connectivity index (χ2v) is 5.40. The van der Waals surface area contributed by atoms with Crippen molar-refractivity contribution in [2.24, 2.45) is 0 Å². The van der Waals surface area contributed by atoms with Gasteiger partial charge in [-0.15, -0.1) is 11.8 Å². The van der Waals surface area contributed by atoms with Crippen LogP contribution in [-0.2, 0) is 4.79 Å². The van der Waals surface area contributed by atoms with Gasteiger partial charge in [-0.1, -0.05) is 6.07 Å². The van der Waals surface area contributed by atoms with Gasteiger partial charge in [-0.05, 0) is 31.2 Å². The molecule has 0 aliphatic carbocycles. The Kier molecular flexibility index (Phi) is 4.33. The van der Waals surface area contributed by atoms with E-state index in [2.05, 4.69) is 11.0 Å². The third kappa shape index (κ3) is 2.85. The Bertz CT molecular complexity index is 525. The standard InChI is InChI=1S/C14H16N2O2S/c1-19-13-6-2-5-12(11(13)9-15)16-7-3-4-10(16)8-14(17)18/h2,5-6,10H,3-4,7-8H2,1H3,(H,17,18). The minimum absolute atomic E-state index is 0.00158. The lowest BCUT2D eigenvalue weighted by Gasteiger charge is -2.27. The van der Waals surface area contributed by atoms with E-state index in [4.69, 9.17) is 5.11 Å². The van der Waals surface area contributed by atoms with Crippen LogP contribution < -0.4 is 4.90 Å². The highest BCUT2D eigenvalue weighted by Crippen LogP contribution is 2.34. The van der Waals surface area contributed by atoms with Crippen molar-refractivity contribution in [2.45, 2.75) is 30.2 Å². The zero-order valence-electron chi connectivity index (χ0n) is 10.8. The van der Waals surface area contributed by atoms with Crippen LogP contribution in [0.15, 0.2) is 23.1 Å². The summed E-state index contributed by atoms with van der Waals surface area (Å²) in [4.78, 5) is 13.9. The first-order chi connectivity index (χ1) is 9.17. The van der Waals surface area contributed by atoms with Crippen molar-refractivity contribution in [3.05, 3.63) is 23.8 Å². The number of anilines is 1. The van der Waals surface area contributed by atoms with Crippen LogP contribution in [0.1, 0.15) is 24.8 Å². The van der Waals surface area contributed by atoms with Gasteiger partial charge in [0.1, 0.15) is 6.07 Å². The van der Waals surface area contributed by atoms with Crippen LogP contribution in [-0.4, -0.2) is 29.9 Å². The quantitative estimate of drug-likeness (QED) is 0.857. The highest BCUT2D eigenvalue weighted by atomic mass is 32.2. The molecule has 1 atom stereocenters. The molecule has 100 valence electrons. The van der Waals surface area contributed by atoms with Gasteiger partial charge in [0.05, 0.1) is 17.7 Å². The molecule has 2 rings (SSSR count). The van der Waals surface area contributed by atoms with Gasteiger partial charge in [0.2, 0.25) is 0 Å². The molecular formula is C14H16N2O2S. The van der Waals surface area contributed by atoms with Gasteiger partial charge in [0.25, 0.3) is 0 Å². The monoisotopic (exact) mass is 276 g/mol. The van der Waals surface area contributed by atoms with E-state index in [0.29, 0.717) is 5.56 Å². The van der Waals surface area contributed by atoms with Crippen molar-refractivity contribution in [1.29, 1.82) is 5.26 Å². The van der Waals surface area contributed by atoms with Crippen LogP contribution in [0, 0.1) is 11.3 Å². The van der Waals surface area contributed by atoms with E-state index in [1.807, 2.05) is 24.5 Å². The summed E-state index contributed by atoms with van der Waals surface area (Å²) in [6.45, 7) is 0.824. The topological polar surface area (TPSA) is 64.3 Å². The smallest absolute Gasteiger partial charge is 0.305 e. The number of rotatable bonds is 4. The van der Waals surface area contributed by atoms with E-state index in [-0.39, 0.29) is 12.5 Å². The van der Waals surface area contributed by atoms with E-state index in [9.17, 15) is 10.1 Å². The second kappa shape index (κ2) is 5.98. The fraction of sp³-hybridized carbons (Fsp3) is 0.429. The lowest BCUT2D eigenvalue weighted by atomic mass is 10.1. The molecule has 0 saturated carbocycles. The lowest BCUT2D eigenvalue weighted by Crippen LogP contribution is -2.31. The zero-order valence-corrected chi connectivity index (χ0v) is 11.6. The van der Waals surface area contributed by atoms with Crippen molar-refractivity contribution >= 4 is 23.4 Å². The normalized spacial score (nSPS) is 18.3. The van der Waals surface area contributed by atoms with Gasteiger partial charge in [-0.3, -0.25) is 4.79 Å². The summed E-state index contributed by atoms with van der Waals surface area (Å²) in [5.74, 6) is -0.781. The van der Waals surface area contributed by atoms with Crippen LogP contribution in [0.3, 0.4) is 0 Å². The summed E-state index contributed by atoms with van der Waals surface area (Å²) in [6, 6.07) is 8.03. The molecular weight excluding hydrogens is 260 g/mol. The molecule has 1 aliphatic rings. The van der Waals surface area contributed by atoms with Crippen molar-refractivity contribution in [2.75, 3.05) is 17.7 Å². The highest BCUT2D eigenvalue weighted by molar-refractivity contribution is 7.98. The zero-order chi connectivity index (χ0) is 13.8. The third-order valence-electron chi connectivity index (χ3n) is 3.43. The van der Waals surface area contributed by atoms with Crippen LogP contribution in [0.25, 0.3) is 0 Å². The summed E-state index contributed by atoms with van der Waals surface area (Å²) in [6.07, 6.45) is 3.93. The highest BCUT2D eigenvalue weighted by Gasteiger charge is 2.28. The molecule has 1 aliphatic heterocycles. The largest absolute Gasteiger partial charge is 0.481 e. The number of carbonyl (C=O) groups is 1. The first kappa shape index (κ1) is 13.8. The predicted molar refractivity (Wildman–Crippen MR) is 75.6 cm³/mol. The number of nitriles is 1. The SMILES string of the molecule is CSc1cccc(N2CCCC2CC(=O)O)c1C#N. The van der Waals surface area contributed by atoms with Crippen LogP contribution in [0.2, 0.25) is 0 Å². The number of hydrogen-bond acceptors (Lipinski definition) is 4. The van der Waals surface area contributed by atoms with Gasteiger partial charge in [-0.2, -0.15) is 5.26 Å². The second-order valence-electron chi connectivity index (χ2n) is 4.55. The first-order valence-corrected chi connectivity index (χ1v) is 7.45. The fourth-order valence-electron chi connectivity index (χ4n) is 2.61. The molecule has 0 amide bonds. The number of carboxylic acids is 1. The summed E-state index contributed by atoms with van der Waals surface area (Å²) in [5.41, 5.74) is 1.53. The average Bonchev–Trinajstić information content (AvgIpc) is 2.84. The Morgan fingerprint density at radius 2 is 2.42 bits per heavy atom. The summed E-state index contributed by atoms with van der Waals surface area (Å²) in [5, 5.41) is 18.3. The lowest BCUT2D eigenvalue weighted by molar-refractivity contribution is -0.137. The fourth-order valence-corrected chi connectivity index (χ4v) is 3.18. The van der Waals surface area contributed by atoms with Gasteiger partial charge < -0.3 is 10.0 Å². The molecule has 0 aromatic heterocycles. The minimum Gasteiger partial charge on any atom is -0.481 e. The molecule has 0 bridgehead atoms. The predicted octanol–water partition coefficient (Wildman–Crippen LogP) is 2.72. The van der Waals surface area contributed by atoms with E-state index in [1.165, 1.54) is 0 Å². The Balaban J connectivity index is 2.35. The minimum atomic E-state index is -0.781. The van der Waals surface area contributed by atoms with Crippen LogP contribution in [0.5, 0.6) is 0 Å². The van der Waals surface area contributed by atoms with Gasteiger partial charge in [0.15, 0.2) is 0 Å². The summed E-state index contributed by atoms with van der Waals surface area (Å²) >= 11 is 1.54. The molecule has 0 spiro atoms. The third-order valence-corrected chi connectivity index (χ3v) is 4.21. The molecule has 1 aromatic carbocycles. The van der Waals surface area contributed by atoms with Crippen molar-refractivity contribution in [1.82, 2.24) is 0 Å². The summed E-state index contributed by atoms with van der Waals surface area (Å²) < 4.78 is 0. The van der Waals surface area contributed by atoms with Crippen molar-refractivity contribution in [3.63, 3.8) is 0 Å². The molecule has 0 radical (unpaired) electrons. The van der Waals surface area contributed by atoms with E-state index in [0.717, 1.165) is 30.0 Å². The maximum absolute atomic E-state index is 10.9. The Hall–Kier alpha value is -1.67. The van der Waals surface area contributed by atoms with E-state index in [1.54, 1.807) is 11.8 Å². The summed E-state index contributed by atoms with van der Waals surface area (Å²) in [7, 11) is 0. The Morgan fingerprint density at radius 1 is 1.63 bits per heavy atom. The van der Waals surface area contributed by atoms with E-state index < -0.39 is 5.97 Å². The average molecular weight is 276 g/mol. The Labute approximate surface area is 117 Å². The number of benzene rings is 1. The number of aliphatic carboxylic acids is 1. The van der Waals surface area contributed by atoms with Gasteiger partial charge in [-0.25, -0.2) is 0 Å². The Morgan fingerprint density at radius 3 is 3.05 bits per heavy atom. The molecule has 1 fully saturated rings. The number of thioether (sulfide) groups is 1. The molecule has 1 aromatic rings. The maximum atomic E-state index is 10.9. The van der Waals surface area contributed by atoms with Gasteiger partial charge >= 0.3 is 5.97 Å². The first-order valence-electron chi connectivity index (χ1n) is 6.23. The molecule has 1 saturated heterocycles. The van der Waals surface area contributed by atoms with Crippen LogP contribution >= 0.6 is 11.8 Å². The van der Waals surface area contributed by atoms with Crippen molar-refractivity contribution in [3.8, 4) is 6.07 Å². The molecule has 1 N–H and O–H groups in total. The molecule has 19 heavy (non-hydrogen) atoms. The molecule has 1 heterocycles. The molecule has 1 unspecified atom stereocenters. The van der Waals surface area contributed by atoms with E-state index >= 15 is 0 Å². The molecule has 5 heteroatoms. The van der Waals surface area contributed by atoms with Crippen LogP contribution in [0.4, 0.5) is 5.69 Å². The maximum Gasteiger partial charge on any atom is 0.305 e. The number of nitrogens with zero attached hydrogens (tertiary/aromatic N) is 2. The number of hydrogen-bond donors (Lipinski definition) is 1.